The Bertz CT molecular complexity index is 224. The summed E-state index contributed by atoms with van der Waals surface area (Å²) in [5.41, 5.74) is -0.502. The van der Waals surface area contributed by atoms with E-state index in [0.717, 1.165) is 6.42 Å². The van der Waals surface area contributed by atoms with E-state index in [-0.39, 0.29) is 5.97 Å². The molecular weight excluding hydrogens is 202 g/mol. The number of hydrogen-bond donors (Lipinski definition) is 1. The summed E-state index contributed by atoms with van der Waals surface area (Å²) in [5, 5.41) is 3.49. The first kappa shape index (κ1) is 13.5. The maximum atomic E-state index is 11.9. The fraction of sp³-hybridized carbons (Fsp3) is 0.923. The average molecular weight is 227 g/mol. The molecule has 3 nitrogen and oxygen atoms in total. The van der Waals surface area contributed by atoms with Crippen LogP contribution in [0, 0.1) is 0 Å². The van der Waals surface area contributed by atoms with Crippen LogP contribution >= 0.6 is 0 Å². The lowest BCUT2D eigenvalue weighted by Crippen LogP contribution is -2.54. The van der Waals surface area contributed by atoms with Crippen LogP contribution in [-0.2, 0) is 9.53 Å². The lowest BCUT2D eigenvalue weighted by molar-refractivity contribution is -0.151. The van der Waals surface area contributed by atoms with E-state index in [1.807, 2.05) is 20.8 Å². The lowest BCUT2D eigenvalue weighted by Gasteiger charge is -2.34. The number of nitrogens with one attached hydrogen (secondary N) is 1. The molecule has 0 aromatic heterocycles. The zero-order valence-electron chi connectivity index (χ0n) is 10.8. The van der Waals surface area contributed by atoms with Crippen LogP contribution < -0.4 is 5.32 Å². The number of carbonyl (C=O) groups is 1. The summed E-state index contributed by atoms with van der Waals surface area (Å²) in [6.45, 7) is 6.31. The van der Waals surface area contributed by atoms with Gasteiger partial charge in [0.05, 0.1) is 6.61 Å². The minimum Gasteiger partial charge on any atom is -0.465 e. The van der Waals surface area contributed by atoms with E-state index in [4.69, 9.17) is 4.74 Å². The van der Waals surface area contributed by atoms with Crippen LogP contribution in [-0.4, -0.2) is 24.2 Å². The van der Waals surface area contributed by atoms with Gasteiger partial charge in [0.25, 0.3) is 0 Å². The summed E-state index contributed by atoms with van der Waals surface area (Å²) in [4.78, 5) is 11.9. The van der Waals surface area contributed by atoms with Crippen LogP contribution in [0.4, 0.5) is 0 Å². The molecule has 1 atom stereocenters. The van der Waals surface area contributed by atoms with E-state index in [2.05, 4.69) is 5.32 Å². The van der Waals surface area contributed by atoms with Crippen molar-refractivity contribution < 1.29 is 9.53 Å². The second kappa shape index (κ2) is 6.24. The van der Waals surface area contributed by atoms with E-state index < -0.39 is 5.54 Å². The van der Waals surface area contributed by atoms with Gasteiger partial charge in [0.15, 0.2) is 0 Å². The summed E-state index contributed by atoms with van der Waals surface area (Å²) >= 11 is 0. The fourth-order valence-electron chi connectivity index (χ4n) is 2.29. The lowest BCUT2D eigenvalue weighted by atomic mass is 9.91. The van der Waals surface area contributed by atoms with Crippen molar-refractivity contribution in [3.8, 4) is 0 Å². The molecule has 0 heterocycles. The van der Waals surface area contributed by atoms with Crippen molar-refractivity contribution in [1.29, 1.82) is 0 Å². The van der Waals surface area contributed by atoms with Crippen molar-refractivity contribution in [2.75, 3.05) is 6.61 Å². The Hall–Kier alpha value is -0.570. The number of hydrogen-bond acceptors (Lipinski definition) is 3. The smallest absolute Gasteiger partial charge is 0.326 e. The molecule has 1 N–H and O–H groups in total. The standard InChI is InChI=1S/C13H25NO2/c1-4-13(3,12(15)16-5-2)14-11-9-7-6-8-10-11/h11,14H,4-10H2,1-3H3. The highest BCUT2D eigenvalue weighted by atomic mass is 16.5. The highest BCUT2D eigenvalue weighted by Gasteiger charge is 2.34. The predicted octanol–water partition coefficient (Wildman–Crippen LogP) is 2.64. The van der Waals surface area contributed by atoms with Gasteiger partial charge in [-0.2, -0.15) is 0 Å². The fourth-order valence-corrected chi connectivity index (χ4v) is 2.29. The van der Waals surface area contributed by atoms with Gasteiger partial charge in [-0.15, -0.1) is 0 Å². The molecule has 16 heavy (non-hydrogen) atoms. The zero-order valence-corrected chi connectivity index (χ0v) is 10.8. The van der Waals surface area contributed by atoms with Gasteiger partial charge in [0, 0.05) is 6.04 Å². The number of carbonyl (C=O) groups excluding carboxylic acids is 1. The van der Waals surface area contributed by atoms with E-state index in [0.29, 0.717) is 12.6 Å². The largest absolute Gasteiger partial charge is 0.465 e. The van der Waals surface area contributed by atoms with Gasteiger partial charge in [-0.3, -0.25) is 10.1 Å². The molecule has 0 saturated heterocycles. The Morgan fingerprint density at radius 2 is 1.94 bits per heavy atom. The van der Waals surface area contributed by atoms with E-state index in [9.17, 15) is 4.79 Å². The molecule has 0 aromatic carbocycles. The van der Waals surface area contributed by atoms with Crippen molar-refractivity contribution in [3.05, 3.63) is 0 Å². The second-order valence-electron chi connectivity index (χ2n) is 4.89. The molecule has 1 saturated carbocycles. The van der Waals surface area contributed by atoms with Crippen LogP contribution in [0.5, 0.6) is 0 Å². The normalized spacial score (nSPS) is 21.4. The highest BCUT2D eigenvalue weighted by Crippen LogP contribution is 2.22. The maximum Gasteiger partial charge on any atom is 0.326 e. The van der Waals surface area contributed by atoms with Gasteiger partial charge >= 0.3 is 5.97 Å². The minimum absolute atomic E-state index is 0.108. The Kier molecular flexibility index (Phi) is 5.26. The summed E-state index contributed by atoms with van der Waals surface area (Å²) in [7, 11) is 0. The number of rotatable bonds is 5. The number of esters is 1. The minimum atomic E-state index is -0.502. The summed E-state index contributed by atoms with van der Waals surface area (Å²) in [6, 6.07) is 0.489. The van der Waals surface area contributed by atoms with Crippen LogP contribution in [0.25, 0.3) is 0 Å². The van der Waals surface area contributed by atoms with Gasteiger partial charge in [0.2, 0.25) is 0 Å². The van der Waals surface area contributed by atoms with Crippen molar-refractivity contribution in [1.82, 2.24) is 5.32 Å². The molecule has 0 amide bonds. The van der Waals surface area contributed by atoms with Crippen LogP contribution in [0.15, 0.2) is 0 Å². The van der Waals surface area contributed by atoms with Gasteiger partial charge in [0.1, 0.15) is 5.54 Å². The molecule has 94 valence electrons. The monoisotopic (exact) mass is 227 g/mol. The SMILES string of the molecule is CCOC(=O)C(C)(CC)NC1CCCCC1. The molecule has 0 bridgehead atoms. The Morgan fingerprint density at radius 3 is 2.44 bits per heavy atom. The third-order valence-electron chi connectivity index (χ3n) is 3.56. The van der Waals surface area contributed by atoms with Gasteiger partial charge < -0.3 is 4.74 Å². The quantitative estimate of drug-likeness (QED) is 0.734. The molecule has 0 aliphatic heterocycles. The molecule has 1 rings (SSSR count). The van der Waals surface area contributed by atoms with Crippen molar-refractivity contribution in [3.63, 3.8) is 0 Å². The average Bonchev–Trinajstić information content (AvgIpc) is 2.30. The molecular formula is C13H25NO2. The molecule has 0 spiro atoms. The highest BCUT2D eigenvalue weighted by molar-refractivity contribution is 5.80. The Balaban J connectivity index is 2.53. The Morgan fingerprint density at radius 1 is 1.31 bits per heavy atom. The predicted molar refractivity (Wildman–Crippen MR) is 65.3 cm³/mol. The van der Waals surface area contributed by atoms with Crippen molar-refractivity contribution in [2.45, 2.75) is 70.9 Å². The first-order valence-electron chi connectivity index (χ1n) is 6.57. The van der Waals surface area contributed by atoms with Gasteiger partial charge in [-0.1, -0.05) is 26.2 Å². The third-order valence-corrected chi connectivity index (χ3v) is 3.56. The zero-order chi connectivity index (χ0) is 12.0. The van der Waals surface area contributed by atoms with Crippen LogP contribution in [0.1, 0.15) is 59.3 Å². The van der Waals surface area contributed by atoms with Crippen LogP contribution in [0.3, 0.4) is 0 Å². The number of ether oxygens (including phenoxy) is 1. The first-order chi connectivity index (χ1) is 7.62. The van der Waals surface area contributed by atoms with Crippen molar-refractivity contribution >= 4 is 5.97 Å². The van der Waals surface area contributed by atoms with E-state index in [1.165, 1.54) is 32.1 Å². The maximum absolute atomic E-state index is 11.9. The topological polar surface area (TPSA) is 38.3 Å². The van der Waals surface area contributed by atoms with Gasteiger partial charge in [-0.25, -0.2) is 0 Å². The molecule has 1 aliphatic carbocycles. The molecule has 0 radical (unpaired) electrons. The van der Waals surface area contributed by atoms with E-state index in [1.54, 1.807) is 0 Å². The first-order valence-corrected chi connectivity index (χ1v) is 6.57. The summed E-state index contributed by atoms with van der Waals surface area (Å²) < 4.78 is 5.14. The summed E-state index contributed by atoms with van der Waals surface area (Å²) in [6.07, 6.45) is 7.05. The third kappa shape index (κ3) is 3.48. The Labute approximate surface area is 98.9 Å². The van der Waals surface area contributed by atoms with Crippen molar-refractivity contribution in [2.24, 2.45) is 0 Å². The molecule has 1 fully saturated rings. The van der Waals surface area contributed by atoms with Gasteiger partial charge in [-0.05, 0) is 33.1 Å². The molecule has 1 unspecified atom stereocenters. The second-order valence-corrected chi connectivity index (χ2v) is 4.89. The summed E-state index contributed by atoms with van der Waals surface area (Å²) in [5.74, 6) is -0.108. The van der Waals surface area contributed by atoms with E-state index >= 15 is 0 Å². The molecule has 3 heteroatoms. The van der Waals surface area contributed by atoms with Crippen LogP contribution in [0.2, 0.25) is 0 Å². The molecule has 1 aliphatic rings. The molecule has 0 aromatic rings.